The van der Waals surface area contributed by atoms with Crippen LogP contribution < -0.4 is 0 Å². The number of carbonyl (C=O) groups excluding carboxylic acids is 1. The van der Waals surface area contributed by atoms with Gasteiger partial charge in [0.1, 0.15) is 0 Å². The molecule has 0 amide bonds. The molecule has 104 valence electrons. The molecule has 0 aliphatic carbocycles. The Hall–Kier alpha value is -0.870. The molecule has 1 rings (SSSR count). The van der Waals surface area contributed by atoms with Crippen LogP contribution in [-0.4, -0.2) is 32.1 Å². The fourth-order valence-corrected chi connectivity index (χ4v) is 1.95. The molecule has 0 unspecified atom stereocenters. The molecule has 0 saturated carbocycles. The predicted octanol–water partition coefficient (Wildman–Crippen LogP) is 2.68. The maximum atomic E-state index is 11.5. The zero-order valence-corrected chi connectivity index (χ0v) is 12.0. The van der Waals surface area contributed by atoms with Crippen LogP contribution in [0.25, 0.3) is 0 Å². The van der Waals surface area contributed by atoms with Crippen molar-refractivity contribution in [2.75, 3.05) is 20.3 Å². The summed E-state index contributed by atoms with van der Waals surface area (Å²) in [6.07, 6.45) is 3.60. The Morgan fingerprint density at radius 1 is 1.28 bits per heavy atom. The van der Waals surface area contributed by atoms with Gasteiger partial charge >= 0.3 is 5.97 Å². The van der Waals surface area contributed by atoms with Crippen LogP contribution in [0.4, 0.5) is 0 Å². The third kappa shape index (κ3) is 3.33. The number of hydrogen-bond acceptors (Lipinski definition) is 4. The molecule has 18 heavy (non-hydrogen) atoms. The summed E-state index contributed by atoms with van der Waals surface area (Å²) in [7, 11) is 1.39. The van der Waals surface area contributed by atoms with Gasteiger partial charge < -0.3 is 14.2 Å². The van der Waals surface area contributed by atoms with Crippen molar-refractivity contribution in [3.63, 3.8) is 0 Å². The Kier molecular flexibility index (Phi) is 4.93. The van der Waals surface area contributed by atoms with Gasteiger partial charge in [-0.1, -0.05) is 19.9 Å². The average molecular weight is 256 g/mol. The standard InChI is InChI=1S/C14H24O4/c1-6-13(4)17-9-14(7-2,10-18-13)8-11(3)12(15)16-5/h8H,6-7,9-10H2,1-5H3. The molecule has 0 aromatic carbocycles. The van der Waals surface area contributed by atoms with E-state index in [0.29, 0.717) is 18.8 Å². The number of rotatable bonds is 4. The Bertz CT molecular complexity index is 325. The molecule has 0 spiro atoms. The van der Waals surface area contributed by atoms with E-state index in [0.717, 1.165) is 12.8 Å². The van der Waals surface area contributed by atoms with Gasteiger partial charge in [-0.05, 0) is 26.7 Å². The Morgan fingerprint density at radius 3 is 2.22 bits per heavy atom. The summed E-state index contributed by atoms with van der Waals surface area (Å²) in [5.74, 6) is -0.794. The van der Waals surface area contributed by atoms with Gasteiger partial charge in [-0.25, -0.2) is 4.79 Å². The van der Waals surface area contributed by atoms with E-state index in [9.17, 15) is 4.79 Å². The molecule has 1 saturated heterocycles. The van der Waals surface area contributed by atoms with Gasteiger partial charge in [-0.2, -0.15) is 0 Å². The van der Waals surface area contributed by atoms with Crippen molar-refractivity contribution in [3.8, 4) is 0 Å². The first-order valence-corrected chi connectivity index (χ1v) is 6.46. The molecule has 0 radical (unpaired) electrons. The van der Waals surface area contributed by atoms with Crippen molar-refractivity contribution < 1.29 is 19.0 Å². The van der Waals surface area contributed by atoms with E-state index >= 15 is 0 Å². The van der Waals surface area contributed by atoms with Crippen LogP contribution in [0.15, 0.2) is 11.6 Å². The molecule has 4 nitrogen and oxygen atoms in total. The zero-order chi connectivity index (χ0) is 13.8. The van der Waals surface area contributed by atoms with E-state index in [1.807, 2.05) is 19.9 Å². The third-order valence-corrected chi connectivity index (χ3v) is 3.71. The molecule has 1 aliphatic heterocycles. The van der Waals surface area contributed by atoms with Crippen molar-refractivity contribution in [1.29, 1.82) is 0 Å². The van der Waals surface area contributed by atoms with Gasteiger partial charge in [0.25, 0.3) is 0 Å². The molecule has 4 heteroatoms. The summed E-state index contributed by atoms with van der Waals surface area (Å²) >= 11 is 0. The second-order valence-electron chi connectivity index (χ2n) is 5.10. The van der Waals surface area contributed by atoms with Gasteiger partial charge in [0, 0.05) is 11.0 Å². The van der Waals surface area contributed by atoms with Crippen LogP contribution in [0, 0.1) is 5.41 Å². The molecule has 0 aromatic rings. The number of hydrogen-bond donors (Lipinski definition) is 0. The second-order valence-corrected chi connectivity index (χ2v) is 5.10. The minimum Gasteiger partial charge on any atom is -0.466 e. The summed E-state index contributed by atoms with van der Waals surface area (Å²) in [4.78, 5) is 11.5. The fourth-order valence-electron chi connectivity index (χ4n) is 1.95. The Labute approximate surface area is 109 Å². The van der Waals surface area contributed by atoms with Gasteiger partial charge in [-0.15, -0.1) is 0 Å². The first-order chi connectivity index (χ1) is 8.40. The van der Waals surface area contributed by atoms with E-state index in [1.54, 1.807) is 6.92 Å². The fraction of sp³-hybridized carbons (Fsp3) is 0.786. The first-order valence-electron chi connectivity index (χ1n) is 6.46. The Balaban J connectivity index is 2.81. The predicted molar refractivity (Wildman–Crippen MR) is 69.1 cm³/mol. The van der Waals surface area contributed by atoms with Gasteiger partial charge in [0.15, 0.2) is 5.79 Å². The van der Waals surface area contributed by atoms with Crippen molar-refractivity contribution in [2.45, 2.75) is 46.3 Å². The highest BCUT2D eigenvalue weighted by Gasteiger charge is 2.39. The van der Waals surface area contributed by atoms with Crippen LogP contribution in [0.3, 0.4) is 0 Å². The molecule has 0 N–H and O–H groups in total. The Morgan fingerprint density at radius 2 is 1.83 bits per heavy atom. The van der Waals surface area contributed by atoms with Crippen molar-refractivity contribution in [1.82, 2.24) is 0 Å². The molecule has 1 heterocycles. The quantitative estimate of drug-likeness (QED) is 0.573. The second kappa shape index (κ2) is 5.85. The number of ether oxygens (including phenoxy) is 3. The molecule has 0 aromatic heterocycles. The average Bonchev–Trinajstić information content (AvgIpc) is 2.40. The highest BCUT2D eigenvalue weighted by molar-refractivity contribution is 5.87. The van der Waals surface area contributed by atoms with Gasteiger partial charge in [0.05, 0.1) is 20.3 Å². The van der Waals surface area contributed by atoms with E-state index in [1.165, 1.54) is 7.11 Å². The van der Waals surface area contributed by atoms with Crippen LogP contribution in [0.1, 0.15) is 40.5 Å². The van der Waals surface area contributed by atoms with Crippen molar-refractivity contribution >= 4 is 5.97 Å². The number of carbonyl (C=O) groups is 1. The molecule has 0 bridgehead atoms. The van der Waals surface area contributed by atoms with Gasteiger partial charge in [-0.3, -0.25) is 0 Å². The summed E-state index contributed by atoms with van der Waals surface area (Å²) in [5.41, 5.74) is 0.374. The lowest BCUT2D eigenvalue weighted by atomic mass is 9.84. The summed E-state index contributed by atoms with van der Waals surface area (Å²) in [6, 6.07) is 0. The SMILES string of the molecule is CCC1(C=C(C)C(=O)OC)COC(C)(CC)OC1. The maximum absolute atomic E-state index is 11.5. The molecular weight excluding hydrogens is 232 g/mol. The van der Waals surface area contributed by atoms with Crippen LogP contribution in [0.2, 0.25) is 0 Å². The van der Waals surface area contributed by atoms with Crippen molar-refractivity contribution in [3.05, 3.63) is 11.6 Å². The summed E-state index contributed by atoms with van der Waals surface area (Å²) < 4.78 is 16.3. The van der Waals surface area contributed by atoms with Crippen molar-refractivity contribution in [2.24, 2.45) is 5.41 Å². The largest absolute Gasteiger partial charge is 0.466 e. The summed E-state index contributed by atoms with van der Waals surface area (Å²) in [6.45, 7) is 8.96. The van der Waals surface area contributed by atoms with E-state index in [-0.39, 0.29) is 11.4 Å². The highest BCUT2D eigenvalue weighted by Crippen LogP contribution is 2.36. The molecule has 0 atom stereocenters. The number of methoxy groups -OCH3 is 1. The van der Waals surface area contributed by atoms with E-state index in [4.69, 9.17) is 14.2 Å². The lowest BCUT2D eigenvalue weighted by molar-refractivity contribution is -0.288. The van der Waals surface area contributed by atoms with Crippen LogP contribution >= 0.6 is 0 Å². The van der Waals surface area contributed by atoms with E-state index < -0.39 is 5.79 Å². The highest BCUT2D eigenvalue weighted by atomic mass is 16.7. The minimum absolute atomic E-state index is 0.229. The van der Waals surface area contributed by atoms with Crippen LogP contribution in [-0.2, 0) is 19.0 Å². The summed E-state index contributed by atoms with van der Waals surface area (Å²) in [5, 5.41) is 0. The molecule has 1 aliphatic rings. The smallest absolute Gasteiger partial charge is 0.333 e. The topological polar surface area (TPSA) is 44.8 Å². The van der Waals surface area contributed by atoms with Gasteiger partial charge in [0.2, 0.25) is 0 Å². The van der Waals surface area contributed by atoms with E-state index in [2.05, 4.69) is 6.92 Å². The minimum atomic E-state index is -0.494. The molecule has 1 fully saturated rings. The van der Waals surface area contributed by atoms with Crippen LogP contribution in [0.5, 0.6) is 0 Å². The lowest BCUT2D eigenvalue weighted by Gasteiger charge is -2.43. The zero-order valence-electron chi connectivity index (χ0n) is 12.0. The normalized spacial score (nSPS) is 33.3. The third-order valence-electron chi connectivity index (χ3n) is 3.71. The molecular formula is C14H24O4. The lowest BCUT2D eigenvalue weighted by Crippen LogP contribution is -2.47. The monoisotopic (exact) mass is 256 g/mol. The maximum Gasteiger partial charge on any atom is 0.333 e. The first kappa shape index (κ1) is 15.2. The number of esters is 1.